The number of anilines is 1. The summed E-state index contributed by atoms with van der Waals surface area (Å²) in [6, 6.07) is 5.48. The van der Waals surface area contributed by atoms with E-state index >= 15 is 0 Å². The number of methoxy groups -OCH3 is 1. The van der Waals surface area contributed by atoms with Crippen LogP contribution in [-0.4, -0.2) is 82.4 Å². The standard InChI is InChI=1S/C21H25N5O3S2/c1-3-23-8-10-24(11-9-23)18-15(19(27)25-7-5-4-6-17(25)22-18)14-16-20(28)26(12-13-29-2)21(30)31-16/h4-7,14H,3,8-13H2,1-2H3. The highest BCUT2D eigenvalue weighted by molar-refractivity contribution is 8.26. The van der Waals surface area contributed by atoms with Crippen LogP contribution in [0.5, 0.6) is 0 Å². The number of ether oxygens (including phenoxy) is 1. The number of carbonyl (C=O) groups excluding carboxylic acids is 1. The third kappa shape index (κ3) is 4.38. The Morgan fingerprint density at radius 2 is 2.00 bits per heavy atom. The van der Waals surface area contributed by atoms with Gasteiger partial charge < -0.3 is 14.5 Å². The fourth-order valence-corrected chi connectivity index (χ4v) is 5.03. The predicted octanol–water partition coefficient (Wildman–Crippen LogP) is 1.68. The Morgan fingerprint density at radius 1 is 1.23 bits per heavy atom. The maximum atomic E-state index is 13.4. The molecule has 0 N–H and O–H groups in total. The minimum Gasteiger partial charge on any atom is -0.383 e. The topological polar surface area (TPSA) is 70.4 Å². The third-order valence-electron chi connectivity index (χ3n) is 5.54. The summed E-state index contributed by atoms with van der Waals surface area (Å²) in [5.41, 5.74) is 0.812. The molecule has 2 aromatic heterocycles. The molecule has 0 atom stereocenters. The lowest BCUT2D eigenvalue weighted by Gasteiger charge is -2.35. The number of carbonyl (C=O) groups is 1. The Bertz CT molecular complexity index is 1090. The average molecular weight is 460 g/mol. The molecule has 1 amide bonds. The van der Waals surface area contributed by atoms with E-state index < -0.39 is 0 Å². The van der Waals surface area contributed by atoms with Gasteiger partial charge >= 0.3 is 0 Å². The lowest BCUT2D eigenvalue weighted by atomic mass is 10.2. The van der Waals surface area contributed by atoms with Gasteiger partial charge in [-0.1, -0.05) is 37.0 Å². The second kappa shape index (κ2) is 9.47. The molecule has 2 aromatic rings. The van der Waals surface area contributed by atoms with Gasteiger partial charge in [0.1, 0.15) is 15.8 Å². The molecular weight excluding hydrogens is 434 g/mol. The zero-order chi connectivity index (χ0) is 22.0. The van der Waals surface area contributed by atoms with E-state index in [1.807, 2.05) is 12.1 Å². The van der Waals surface area contributed by atoms with E-state index in [1.54, 1.807) is 25.4 Å². The highest BCUT2D eigenvalue weighted by atomic mass is 32.2. The van der Waals surface area contributed by atoms with Crippen molar-refractivity contribution < 1.29 is 9.53 Å². The molecule has 10 heteroatoms. The van der Waals surface area contributed by atoms with E-state index in [-0.39, 0.29) is 11.5 Å². The number of aromatic nitrogens is 2. The number of likely N-dealkylation sites (N-methyl/N-ethyl adjacent to an activating group) is 1. The summed E-state index contributed by atoms with van der Waals surface area (Å²) in [6.45, 7) is 7.30. The van der Waals surface area contributed by atoms with Crippen molar-refractivity contribution in [2.75, 3.05) is 57.9 Å². The fraction of sp³-hybridized carbons (Fsp3) is 0.429. The van der Waals surface area contributed by atoms with Crippen molar-refractivity contribution in [2.24, 2.45) is 0 Å². The summed E-state index contributed by atoms with van der Waals surface area (Å²) in [5, 5.41) is 0. The zero-order valence-corrected chi connectivity index (χ0v) is 19.2. The van der Waals surface area contributed by atoms with Crippen LogP contribution in [0.2, 0.25) is 0 Å². The van der Waals surface area contributed by atoms with E-state index in [0.717, 1.165) is 32.7 Å². The molecule has 4 rings (SSSR count). The third-order valence-corrected chi connectivity index (χ3v) is 6.91. The highest BCUT2D eigenvalue weighted by Crippen LogP contribution is 2.33. The number of amides is 1. The van der Waals surface area contributed by atoms with Gasteiger partial charge in [-0.15, -0.1) is 0 Å². The summed E-state index contributed by atoms with van der Waals surface area (Å²) in [7, 11) is 1.58. The van der Waals surface area contributed by atoms with Crippen molar-refractivity contribution in [3.63, 3.8) is 0 Å². The lowest BCUT2D eigenvalue weighted by Crippen LogP contribution is -2.47. The molecule has 0 bridgehead atoms. The first-order valence-corrected chi connectivity index (χ1v) is 11.5. The van der Waals surface area contributed by atoms with E-state index in [0.29, 0.717) is 39.4 Å². The Hall–Kier alpha value is -2.27. The van der Waals surface area contributed by atoms with Crippen LogP contribution in [-0.2, 0) is 9.53 Å². The number of hydrogen-bond acceptors (Lipinski definition) is 8. The van der Waals surface area contributed by atoms with Gasteiger partial charge in [0, 0.05) is 39.5 Å². The van der Waals surface area contributed by atoms with E-state index in [4.69, 9.17) is 21.9 Å². The minimum absolute atomic E-state index is 0.194. The molecule has 31 heavy (non-hydrogen) atoms. The number of thiocarbonyl (C=S) groups is 1. The number of hydrogen-bond donors (Lipinski definition) is 0. The van der Waals surface area contributed by atoms with Gasteiger partial charge in [-0.3, -0.25) is 18.9 Å². The second-order valence-electron chi connectivity index (χ2n) is 7.33. The number of thioether (sulfide) groups is 1. The van der Waals surface area contributed by atoms with Crippen molar-refractivity contribution in [3.05, 3.63) is 45.2 Å². The van der Waals surface area contributed by atoms with Gasteiger partial charge in [-0.2, -0.15) is 0 Å². The molecular formula is C21H25N5O3S2. The van der Waals surface area contributed by atoms with Gasteiger partial charge in [0.15, 0.2) is 0 Å². The van der Waals surface area contributed by atoms with Crippen molar-refractivity contribution in [2.45, 2.75) is 6.92 Å². The van der Waals surface area contributed by atoms with Crippen LogP contribution < -0.4 is 10.5 Å². The van der Waals surface area contributed by atoms with Crippen LogP contribution in [0.25, 0.3) is 11.7 Å². The molecule has 0 aromatic carbocycles. The van der Waals surface area contributed by atoms with Crippen molar-refractivity contribution in [1.29, 1.82) is 0 Å². The fourth-order valence-electron chi connectivity index (χ4n) is 3.74. The van der Waals surface area contributed by atoms with Crippen molar-refractivity contribution in [1.82, 2.24) is 19.2 Å². The predicted molar refractivity (Wildman–Crippen MR) is 128 cm³/mol. The maximum absolute atomic E-state index is 13.4. The molecule has 2 aliphatic rings. The Morgan fingerprint density at radius 3 is 2.71 bits per heavy atom. The van der Waals surface area contributed by atoms with Gasteiger partial charge in [-0.05, 0) is 24.8 Å². The molecule has 2 fully saturated rings. The SMILES string of the molecule is CCN1CCN(c2nc3ccccn3c(=O)c2C=C2SC(=S)N(CCOC)C2=O)CC1. The Labute approximate surface area is 190 Å². The number of piperazine rings is 1. The molecule has 0 radical (unpaired) electrons. The number of nitrogens with zero attached hydrogens (tertiary/aromatic N) is 5. The van der Waals surface area contributed by atoms with Crippen molar-refractivity contribution >= 4 is 51.7 Å². The van der Waals surface area contributed by atoms with Crippen LogP contribution in [0.4, 0.5) is 5.82 Å². The van der Waals surface area contributed by atoms with E-state index in [9.17, 15) is 9.59 Å². The van der Waals surface area contributed by atoms with Crippen LogP contribution in [0, 0.1) is 0 Å². The summed E-state index contributed by atoms with van der Waals surface area (Å²) >= 11 is 6.59. The largest absolute Gasteiger partial charge is 0.383 e. The Balaban J connectivity index is 1.77. The first-order chi connectivity index (χ1) is 15.0. The first kappa shape index (κ1) is 21.9. The normalized spacial score (nSPS) is 19.2. The highest BCUT2D eigenvalue weighted by Gasteiger charge is 2.33. The van der Waals surface area contributed by atoms with Gasteiger partial charge in [0.05, 0.1) is 23.6 Å². The van der Waals surface area contributed by atoms with Crippen LogP contribution in [0.3, 0.4) is 0 Å². The average Bonchev–Trinajstić information content (AvgIpc) is 3.06. The van der Waals surface area contributed by atoms with Crippen molar-refractivity contribution in [3.8, 4) is 0 Å². The molecule has 8 nitrogen and oxygen atoms in total. The molecule has 164 valence electrons. The summed E-state index contributed by atoms with van der Waals surface area (Å²) < 4.78 is 7.07. The summed E-state index contributed by atoms with van der Waals surface area (Å²) in [4.78, 5) is 37.6. The minimum atomic E-state index is -0.202. The quantitative estimate of drug-likeness (QED) is 0.478. The lowest BCUT2D eigenvalue weighted by molar-refractivity contribution is -0.122. The van der Waals surface area contributed by atoms with Gasteiger partial charge in [0.25, 0.3) is 11.5 Å². The Kier molecular flexibility index (Phi) is 6.71. The number of pyridine rings is 1. The van der Waals surface area contributed by atoms with E-state index in [2.05, 4.69) is 16.7 Å². The van der Waals surface area contributed by atoms with Gasteiger partial charge in [-0.25, -0.2) is 4.98 Å². The molecule has 2 aliphatic heterocycles. The number of rotatable bonds is 6. The molecule has 0 saturated carbocycles. The molecule has 4 heterocycles. The summed E-state index contributed by atoms with van der Waals surface area (Å²) in [5.74, 6) is 0.417. The molecule has 2 saturated heterocycles. The molecule has 0 aliphatic carbocycles. The maximum Gasteiger partial charge on any atom is 0.267 e. The smallest absolute Gasteiger partial charge is 0.267 e. The number of fused-ring (bicyclic) bond motifs is 1. The second-order valence-corrected chi connectivity index (χ2v) is 9.01. The summed E-state index contributed by atoms with van der Waals surface area (Å²) in [6.07, 6.45) is 3.35. The van der Waals surface area contributed by atoms with Crippen LogP contribution in [0.1, 0.15) is 12.5 Å². The van der Waals surface area contributed by atoms with Gasteiger partial charge in [0.2, 0.25) is 0 Å². The zero-order valence-electron chi connectivity index (χ0n) is 17.6. The van der Waals surface area contributed by atoms with E-state index in [1.165, 1.54) is 21.1 Å². The van der Waals surface area contributed by atoms with Crippen LogP contribution >= 0.6 is 24.0 Å². The monoisotopic (exact) mass is 459 g/mol. The van der Waals surface area contributed by atoms with Crippen LogP contribution in [0.15, 0.2) is 34.1 Å². The molecule has 0 spiro atoms. The first-order valence-electron chi connectivity index (χ1n) is 10.3. The molecule has 0 unspecified atom stereocenters.